The lowest BCUT2D eigenvalue weighted by molar-refractivity contribution is 0.223. The van der Waals surface area contributed by atoms with Crippen LogP contribution in [0.3, 0.4) is 0 Å². The summed E-state index contributed by atoms with van der Waals surface area (Å²) in [4.78, 5) is 11.5. The van der Waals surface area contributed by atoms with Crippen molar-refractivity contribution in [3.8, 4) is 22.6 Å². The van der Waals surface area contributed by atoms with Gasteiger partial charge in [-0.25, -0.2) is 9.37 Å². The molecule has 0 atom stereocenters. The molecule has 4 aromatic rings. The van der Waals surface area contributed by atoms with Crippen molar-refractivity contribution in [3.63, 3.8) is 0 Å². The maximum atomic E-state index is 13.8. The molecular weight excluding hydrogens is 505 g/mol. The van der Waals surface area contributed by atoms with Crippen molar-refractivity contribution >= 4 is 34.7 Å². The fraction of sp³-hybridized carbons (Fsp3) is 0.241. The molecule has 0 aliphatic rings. The number of benzene rings is 3. The Kier molecular flexibility index (Phi) is 9.35. The predicted octanol–water partition coefficient (Wildman–Crippen LogP) is 7.15. The largest absolute Gasteiger partial charge is 0.495 e. The highest BCUT2D eigenvalue weighted by Crippen LogP contribution is 2.34. The molecule has 0 unspecified atom stereocenters. The number of hydrogen-bond acceptors (Lipinski definition) is 7. The van der Waals surface area contributed by atoms with E-state index in [1.165, 1.54) is 6.07 Å². The quantitative estimate of drug-likeness (QED) is 0.199. The van der Waals surface area contributed by atoms with Gasteiger partial charge in [0, 0.05) is 24.0 Å². The highest BCUT2D eigenvalue weighted by Gasteiger charge is 2.14. The van der Waals surface area contributed by atoms with Crippen LogP contribution < -0.4 is 20.1 Å². The molecule has 0 bridgehead atoms. The first-order valence-corrected chi connectivity index (χ1v) is 12.8. The maximum Gasteiger partial charge on any atom is 0.229 e. The van der Waals surface area contributed by atoms with Crippen molar-refractivity contribution in [3.05, 3.63) is 83.8 Å². The summed E-state index contributed by atoms with van der Waals surface area (Å²) in [6.45, 7) is 7.81. The molecule has 0 amide bonds. The summed E-state index contributed by atoms with van der Waals surface area (Å²) in [7, 11) is 1.60. The Morgan fingerprint density at radius 3 is 2.45 bits per heavy atom. The van der Waals surface area contributed by atoms with Gasteiger partial charge in [0.1, 0.15) is 29.7 Å². The standard InChI is InChI=1S/C29H31ClFN5O2/c1-4-36(5-2)16-17-38-22-13-11-21(12-14-22)33-29-32-19-23(20-10-15-25(31)24(30)18-20)28(35-29)34-26-8-6-7-9-27(26)37-3/h6-15,18-19H,4-5,16-17H2,1-3H3,(H2,32,33,34,35). The lowest BCUT2D eigenvalue weighted by Gasteiger charge is -2.18. The van der Waals surface area contributed by atoms with Gasteiger partial charge in [0.25, 0.3) is 0 Å². The molecule has 0 aliphatic heterocycles. The van der Waals surface area contributed by atoms with E-state index >= 15 is 0 Å². The summed E-state index contributed by atoms with van der Waals surface area (Å²) in [5, 5.41) is 6.58. The number of likely N-dealkylation sites (N-methyl/N-ethyl adjacent to an activating group) is 1. The summed E-state index contributed by atoms with van der Waals surface area (Å²) in [5.41, 5.74) is 2.86. The fourth-order valence-corrected chi connectivity index (χ4v) is 4.06. The molecule has 198 valence electrons. The Bertz CT molecular complexity index is 1350. The van der Waals surface area contributed by atoms with E-state index in [9.17, 15) is 4.39 Å². The number of ether oxygens (including phenoxy) is 2. The molecular formula is C29H31ClFN5O2. The summed E-state index contributed by atoms with van der Waals surface area (Å²) >= 11 is 6.06. The minimum atomic E-state index is -0.491. The topological polar surface area (TPSA) is 71.5 Å². The van der Waals surface area contributed by atoms with Gasteiger partial charge in [-0.3, -0.25) is 0 Å². The molecule has 0 fully saturated rings. The van der Waals surface area contributed by atoms with Crippen LogP contribution in [0.1, 0.15) is 13.8 Å². The van der Waals surface area contributed by atoms with Gasteiger partial charge in [0.05, 0.1) is 17.8 Å². The fourth-order valence-electron chi connectivity index (χ4n) is 3.88. The second kappa shape index (κ2) is 13.1. The predicted molar refractivity (Wildman–Crippen MR) is 152 cm³/mol. The molecule has 0 spiro atoms. The highest BCUT2D eigenvalue weighted by molar-refractivity contribution is 6.31. The second-order valence-electron chi connectivity index (χ2n) is 8.43. The van der Waals surface area contributed by atoms with Gasteiger partial charge >= 0.3 is 0 Å². The number of halogens is 2. The Morgan fingerprint density at radius 1 is 0.974 bits per heavy atom. The minimum absolute atomic E-state index is 0.0207. The molecule has 2 N–H and O–H groups in total. The lowest BCUT2D eigenvalue weighted by Crippen LogP contribution is -2.27. The maximum absolute atomic E-state index is 13.8. The number of aromatic nitrogens is 2. The number of nitrogens with one attached hydrogen (secondary N) is 2. The molecule has 0 aliphatic carbocycles. The number of anilines is 4. The molecule has 9 heteroatoms. The second-order valence-corrected chi connectivity index (χ2v) is 8.84. The van der Waals surface area contributed by atoms with Gasteiger partial charge < -0.3 is 25.0 Å². The Hall–Kier alpha value is -3.88. The molecule has 1 heterocycles. The van der Waals surface area contributed by atoms with Crippen molar-refractivity contribution in [1.82, 2.24) is 14.9 Å². The van der Waals surface area contributed by atoms with Crippen molar-refractivity contribution in [2.45, 2.75) is 13.8 Å². The summed E-state index contributed by atoms with van der Waals surface area (Å²) in [5.74, 6) is 1.85. The Balaban J connectivity index is 1.56. The summed E-state index contributed by atoms with van der Waals surface area (Å²) < 4.78 is 25.2. The SMILES string of the molecule is CCN(CC)CCOc1ccc(Nc2ncc(-c3ccc(F)c(Cl)c3)c(Nc3ccccc3OC)n2)cc1. The van der Waals surface area contributed by atoms with Gasteiger partial charge in [-0.05, 0) is 67.2 Å². The van der Waals surface area contributed by atoms with Gasteiger partial charge in [0.15, 0.2) is 0 Å². The first-order chi connectivity index (χ1) is 18.5. The van der Waals surface area contributed by atoms with Gasteiger partial charge in [0.2, 0.25) is 5.95 Å². The third kappa shape index (κ3) is 6.90. The van der Waals surface area contributed by atoms with Crippen LogP contribution in [0, 0.1) is 5.82 Å². The first kappa shape index (κ1) is 27.2. The van der Waals surface area contributed by atoms with Gasteiger partial charge in [-0.1, -0.05) is 43.6 Å². The van der Waals surface area contributed by atoms with E-state index in [1.54, 1.807) is 25.4 Å². The van der Waals surface area contributed by atoms with Crippen LogP contribution in [0.2, 0.25) is 5.02 Å². The van der Waals surface area contributed by atoms with Gasteiger partial charge in [-0.2, -0.15) is 4.98 Å². The van der Waals surface area contributed by atoms with Crippen LogP contribution >= 0.6 is 11.6 Å². The normalized spacial score (nSPS) is 10.9. The minimum Gasteiger partial charge on any atom is -0.495 e. The van der Waals surface area contributed by atoms with Crippen LogP contribution in [-0.2, 0) is 0 Å². The molecule has 3 aromatic carbocycles. The van der Waals surface area contributed by atoms with Crippen LogP contribution in [0.25, 0.3) is 11.1 Å². The van der Waals surface area contributed by atoms with E-state index in [0.717, 1.165) is 36.8 Å². The van der Waals surface area contributed by atoms with Crippen LogP contribution in [0.15, 0.2) is 72.9 Å². The van der Waals surface area contributed by atoms with E-state index in [2.05, 4.69) is 34.4 Å². The zero-order valence-corrected chi connectivity index (χ0v) is 22.4. The molecule has 1 aromatic heterocycles. The molecule has 0 saturated heterocycles. The van der Waals surface area contributed by atoms with Crippen molar-refractivity contribution in [2.75, 3.05) is 44.0 Å². The van der Waals surface area contributed by atoms with Crippen LogP contribution in [-0.4, -0.2) is 48.2 Å². The number of rotatable bonds is 12. The first-order valence-electron chi connectivity index (χ1n) is 12.5. The van der Waals surface area contributed by atoms with E-state index < -0.39 is 5.82 Å². The zero-order chi connectivity index (χ0) is 26.9. The number of methoxy groups -OCH3 is 1. The highest BCUT2D eigenvalue weighted by atomic mass is 35.5. The molecule has 0 radical (unpaired) electrons. The number of hydrogen-bond donors (Lipinski definition) is 2. The smallest absolute Gasteiger partial charge is 0.229 e. The Morgan fingerprint density at radius 2 is 1.74 bits per heavy atom. The summed E-state index contributed by atoms with van der Waals surface area (Å²) in [6.07, 6.45) is 1.67. The van der Waals surface area contributed by atoms with E-state index in [0.29, 0.717) is 35.2 Å². The third-order valence-corrected chi connectivity index (χ3v) is 6.35. The van der Waals surface area contributed by atoms with Gasteiger partial charge in [-0.15, -0.1) is 0 Å². The zero-order valence-electron chi connectivity index (χ0n) is 21.7. The average molecular weight is 536 g/mol. The molecule has 0 saturated carbocycles. The average Bonchev–Trinajstić information content (AvgIpc) is 2.94. The third-order valence-electron chi connectivity index (χ3n) is 6.06. The number of nitrogens with zero attached hydrogens (tertiary/aromatic N) is 3. The van der Waals surface area contributed by atoms with Crippen molar-refractivity contribution in [1.29, 1.82) is 0 Å². The molecule has 4 rings (SSSR count). The molecule has 7 nitrogen and oxygen atoms in total. The number of para-hydroxylation sites is 2. The summed E-state index contributed by atoms with van der Waals surface area (Å²) in [6, 6.07) is 19.7. The van der Waals surface area contributed by atoms with Crippen molar-refractivity contribution in [2.24, 2.45) is 0 Å². The Labute approximate surface area is 227 Å². The van der Waals surface area contributed by atoms with Crippen molar-refractivity contribution < 1.29 is 13.9 Å². The monoisotopic (exact) mass is 535 g/mol. The van der Waals surface area contributed by atoms with E-state index in [-0.39, 0.29) is 5.02 Å². The lowest BCUT2D eigenvalue weighted by atomic mass is 10.1. The van der Waals surface area contributed by atoms with Crippen LogP contribution in [0.5, 0.6) is 11.5 Å². The van der Waals surface area contributed by atoms with E-state index in [1.807, 2.05) is 48.5 Å². The van der Waals surface area contributed by atoms with E-state index in [4.69, 9.17) is 26.1 Å². The van der Waals surface area contributed by atoms with Crippen LogP contribution in [0.4, 0.5) is 27.5 Å². The molecule has 38 heavy (non-hydrogen) atoms.